The van der Waals surface area contributed by atoms with E-state index in [9.17, 15) is 14.4 Å². The summed E-state index contributed by atoms with van der Waals surface area (Å²) in [6.07, 6.45) is 6.51. The highest BCUT2D eigenvalue weighted by atomic mass is 16.5. The number of likely N-dealkylation sites (tertiary alicyclic amines) is 1. The zero-order valence-electron chi connectivity index (χ0n) is 16.6. The monoisotopic (exact) mass is 382 g/mol. The molecular weight excluding hydrogens is 348 g/mol. The fourth-order valence-corrected chi connectivity index (χ4v) is 3.52. The van der Waals surface area contributed by atoms with Gasteiger partial charge in [0.25, 0.3) is 0 Å². The quantitative estimate of drug-likeness (QED) is 0.526. The number of piperazine rings is 1. The molecule has 0 saturated carbocycles. The third-order valence-corrected chi connectivity index (χ3v) is 5.29. The minimum Gasteiger partial charge on any atom is -0.469 e. The number of ether oxygens (including phenoxy) is 1. The van der Waals surface area contributed by atoms with Gasteiger partial charge in [0.15, 0.2) is 0 Å². The molecule has 2 fully saturated rings. The highest BCUT2D eigenvalue weighted by Gasteiger charge is 2.24. The SMILES string of the molecule is COC(=O)CCCCNC(=O)N1CCN(CC(=O)N2CCCCCC2)CC1. The molecule has 2 heterocycles. The summed E-state index contributed by atoms with van der Waals surface area (Å²) < 4.78 is 4.59. The predicted molar refractivity (Wildman–Crippen MR) is 102 cm³/mol. The Balaban J connectivity index is 1.59. The van der Waals surface area contributed by atoms with Gasteiger partial charge in [-0.05, 0) is 25.7 Å². The minimum absolute atomic E-state index is 0.0634. The van der Waals surface area contributed by atoms with Gasteiger partial charge in [0.2, 0.25) is 5.91 Å². The molecule has 0 unspecified atom stereocenters. The van der Waals surface area contributed by atoms with Crippen molar-refractivity contribution >= 4 is 17.9 Å². The van der Waals surface area contributed by atoms with Crippen molar-refractivity contribution in [1.29, 1.82) is 0 Å². The minimum atomic E-state index is -0.216. The second-order valence-electron chi connectivity index (χ2n) is 7.32. The van der Waals surface area contributed by atoms with Gasteiger partial charge in [-0.15, -0.1) is 0 Å². The van der Waals surface area contributed by atoms with Crippen LogP contribution in [0.5, 0.6) is 0 Å². The van der Waals surface area contributed by atoms with Crippen molar-refractivity contribution in [2.75, 3.05) is 59.5 Å². The van der Waals surface area contributed by atoms with Crippen LogP contribution in [0.1, 0.15) is 44.9 Å². The van der Waals surface area contributed by atoms with Crippen LogP contribution in [0.25, 0.3) is 0 Å². The molecule has 27 heavy (non-hydrogen) atoms. The highest BCUT2D eigenvalue weighted by molar-refractivity contribution is 5.78. The van der Waals surface area contributed by atoms with Gasteiger partial charge >= 0.3 is 12.0 Å². The lowest BCUT2D eigenvalue weighted by Gasteiger charge is -2.35. The Morgan fingerprint density at radius 3 is 2.15 bits per heavy atom. The number of esters is 1. The Hall–Kier alpha value is -1.83. The molecular formula is C19H34N4O4. The number of methoxy groups -OCH3 is 1. The van der Waals surface area contributed by atoms with E-state index in [-0.39, 0.29) is 17.9 Å². The van der Waals surface area contributed by atoms with Gasteiger partial charge in [0.1, 0.15) is 0 Å². The van der Waals surface area contributed by atoms with Crippen LogP contribution in [-0.2, 0) is 14.3 Å². The van der Waals surface area contributed by atoms with Crippen molar-refractivity contribution in [2.24, 2.45) is 0 Å². The molecule has 0 aromatic carbocycles. The fourth-order valence-electron chi connectivity index (χ4n) is 3.52. The van der Waals surface area contributed by atoms with Gasteiger partial charge in [-0.25, -0.2) is 4.79 Å². The van der Waals surface area contributed by atoms with Crippen molar-refractivity contribution in [2.45, 2.75) is 44.9 Å². The van der Waals surface area contributed by atoms with E-state index in [2.05, 4.69) is 15.0 Å². The maximum atomic E-state index is 12.5. The van der Waals surface area contributed by atoms with Crippen LogP contribution in [0.15, 0.2) is 0 Å². The standard InChI is InChI=1S/C19H34N4O4/c1-27-18(25)8-4-5-9-20-19(26)23-14-12-21(13-15-23)16-17(24)22-10-6-2-3-7-11-22/h2-16H2,1H3,(H,20,26). The zero-order valence-corrected chi connectivity index (χ0v) is 16.6. The van der Waals surface area contributed by atoms with Gasteiger partial charge in [0.05, 0.1) is 13.7 Å². The first kappa shape index (κ1) is 21.5. The molecule has 8 heteroatoms. The number of hydrogen-bond donors (Lipinski definition) is 1. The van der Waals surface area contributed by atoms with Crippen molar-refractivity contribution in [3.63, 3.8) is 0 Å². The molecule has 0 aliphatic carbocycles. The van der Waals surface area contributed by atoms with E-state index >= 15 is 0 Å². The maximum absolute atomic E-state index is 12.5. The Morgan fingerprint density at radius 1 is 0.852 bits per heavy atom. The molecule has 0 bridgehead atoms. The zero-order chi connectivity index (χ0) is 19.5. The molecule has 0 aromatic rings. The smallest absolute Gasteiger partial charge is 0.317 e. The molecule has 2 aliphatic heterocycles. The number of rotatable bonds is 7. The first-order valence-electron chi connectivity index (χ1n) is 10.2. The molecule has 0 atom stereocenters. The summed E-state index contributed by atoms with van der Waals surface area (Å²) in [4.78, 5) is 41.6. The summed E-state index contributed by atoms with van der Waals surface area (Å²) in [6.45, 7) is 5.54. The maximum Gasteiger partial charge on any atom is 0.317 e. The van der Waals surface area contributed by atoms with Crippen molar-refractivity contribution < 1.29 is 19.1 Å². The molecule has 0 aromatic heterocycles. The second-order valence-corrected chi connectivity index (χ2v) is 7.32. The number of nitrogens with zero attached hydrogens (tertiary/aromatic N) is 3. The first-order chi connectivity index (χ1) is 13.1. The Morgan fingerprint density at radius 2 is 1.52 bits per heavy atom. The van der Waals surface area contributed by atoms with E-state index in [0.29, 0.717) is 39.0 Å². The summed E-state index contributed by atoms with van der Waals surface area (Å²) in [5.41, 5.74) is 0. The van der Waals surface area contributed by atoms with E-state index < -0.39 is 0 Å². The van der Waals surface area contributed by atoms with Crippen molar-refractivity contribution in [3.8, 4) is 0 Å². The highest BCUT2D eigenvalue weighted by Crippen LogP contribution is 2.11. The van der Waals surface area contributed by atoms with Gasteiger partial charge in [-0.1, -0.05) is 12.8 Å². The van der Waals surface area contributed by atoms with Crippen LogP contribution in [0.4, 0.5) is 4.79 Å². The van der Waals surface area contributed by atoms with Crippen molar-refractivity contribution in [1.82, 2.24) is 20.0 Å². The van der Waals surface area contributed by atoms with E-state index in [1.807, 2.05) is 4.90 Å². The Labute approximate surface area is 162 Å². The Bertz CT molecular complexity index is 484. The number of carbonyl (C=O) groups is 3. The van der Waals surface area contributed by atoms with Crippen LogP contribution in [0.3, 0.4) is 0 Å². The van der Waals surface area contributed by atoms with Gasteiger partial charge in [-0.2, -0.15) is 0 Å². The van der Waals surface area contributed by atoms with Crippen LogP contribution in [0.2, 0.25) is 0 Å². The summed E-state index contributed by atoms with van der Waals surface area (Å²) in [5.74, 6) is 0.00702. The number of carbonyl (C=O) groups excluding carboxylic acids is 3. The molecule has 3 amide bonds. The summed E-state index contributed by atoms with van der Waals surface area (Å²) in [6, 6.07) is -0.0634. The average molecular weight is 383 g/mol. The summed E-state index contributed by atoms with van der Waals surface area (Å²) in [7, 11) is 1.38. The molecule has 2 aliphatic rings. The topological polar surface area (TPSA) is 82.2 Å². The van der Waals surface area contributed by atoms with Gasteiger partial charge in [-0.3, -0.25) is 14.5 Å². The third kappa shape index (κ3) is 7.74. The van der Waals surface area contributed by atoms with E-state index in [1.54, 1.807) is 4.90 Å². The summed E-state index contributed by atoms with van der Waals surface area (Å²) in [5, 5.41) is 2.90. The number of hydrogen-bond acceptors (Lipinski definition) is 5. The van der Waals surface area contributed by atoms with Gasteiger partial charge in [0, 0.05) is 52.2 Å². The lowest BCUT2D eigenvalue weighted by molar-refractivity contribution is -0.140. The molecule has 1 N–H and O–H groups in total. The molecule has 0 spiro atoms. The van der Waals surface area contributed by atoms with Crippen LogP contribution >= 0.6 is 0 Å². The molecule has 8 nitrogen and oxygen atoms in total. The van der Waals surface area contributed by atoms with Crippen LogP contribution in [0, 0.1) is 0 Å². The molecule has 0 radical (unpaired) electrons. The van der Waals surface area contributed by atoms with Crippen molar-refractivity contribution in [3.05, 3.63) is 0 Å². The number of nitrogens with one attached hydrogen (secondary N) is 1. The van der Waals surface area contributed by atoms with Gasteiger partial charge < -0.3 is 19.9 Å². The fraction of sp³-hybridized carbons (Fsp3) is 0.842. The average Bonchev–Trinajstić information content (AvgIpc) is 2.97. The number of unbranched alkanes of at least 4 members (excludes halogenated alkanes) is 1. The molecule has 154 valence electrons. The van der Waals surface area contributed by atoms with Crippen LogP contribution < -0.4 is 5.32 Å². The summed E-state index contributed by atoms with van der Waals surface area (Å²) >= 11 is 0. The third-order valence-electron chi connectivity index (χ3n) is 5.29. The first-order valence-corrected chi connectivity index (χ1v) is 10.2. The van der Waals surface area contributed by atoms with E-state index in [1.165, 1.54) is 20.0 Å². The van der Waals surface area contributed by atoms with E-state index in [0.717, 1.165) is 45.4 Å². The second kappa shape index (κ2) is 11.8. The Kier molecular flexibility index (Phi) is 9.38. The normalized spacial score (nSPS) is 18.7. The van der Waals surface area contributed by atoms with E-state index in [4.69, 9.17) is 0 Å². The number of amides is 3. The largest absolute Gasteiger partial charge is 0.469 e. The predicted octanol–water partition coefficient (Wildman–Crippen LogP) is 1.06. The van der Waals surface area contributed by atoms with Crippen LogP contribution in [-0.4, -0.2) is 92.1 Å². The molecule has 2 saturated heterocycles. The lowest BCUT2D eigenvalue weighted by atomic mass is 10.2. The number of urea groups is 1. The lowest BCUT2D eigenvalue weighted by Crippen LogP contribution is -2.53. The molecule has 2 rings (SSSR count).